The van der Waals surface area contributed by atoms with Crippen LogP contribution >= 0.6 is 11.6 Å². The van der Waals surface area contributed by atoms with Gasteiger partial charge in [-0.15, -0.1) is 0 Å². The SMILES string of the molecule is CC1=C(C(=O)OCc2ccccc2)C(c2ccc(Cl)cc2)CC(=O)N1C(C)C. The minimum atomic E-state index is -0.389. The lowest BCUT2D eigenvalue weighted by molar-refractivity contribution is -0.141. The van der Waals surface area contributed by atoms with Gasteiger partial charge >= 0.3 is 5.97 Å². The maximum atomic E-state index is 13.1. The highest BCUT2D eigenvalue weighted by Gasteiger charge is 2.37. The number of allylic oxidation sites excluding steroid dienone is 1. The summed E-state index contributed by atoms with van der Waals surface area (Å²) < 4.78 is 5.62. The van der Waals surface area contributed by atoms with Gasteiger partial charge in [0.15, 0.2) is 0 Å². The first-order valence-electron chi connectivity index (χ1n) is 9.37. The lowest BCUT2D eigenvalue weighted by Crippen LogP contribution is -2.42. The van der Waals surface area contributed by atoms with Crippen LogP contribution in [-0.2, 0) is 20.9 Å². The van der Waals surface area contributed by atoms with Crippen LogP contribution in [0, 0.1) is 0 Å². The summed E-state index contributed by atoms with van der Waals surface area (Å²) in [7, 11) is 0. The van der Waals surface area contributed by atoms with Crippen molar-refractivity contribution in [2.24, 2.45) is 0 Å². The minimum absolute atomic E-state index is 0.00654. The Kier molecular flexibility index (Phi) is 6.20. The first kappa shape index (κ1) is 20.2. The van der Waals surface area contributed by atoms with Crippen molar-refractivity contribution in [2.75, 3.05) is 0 Å². The van der Waals surface area contributed by atoms with E-state index < -0.39 is 0 Å². The highest BCUT2D eigenvalue weighted by Crippen LogP contribution is 2.38. The van der Waals surface area contributed by atoms with Gasteiger partial charge in [0.1, 0.15) is 6.61 Å². The number of carbonyl (C=O) groups excluding carboxylic acids is 2. The molecule has 0 saturated carbocycles. The molecule has 2 aromatic carbocycles. The molecule has 1 heterocycles. The van der Waals surface area contributed by atoms with Gasteiger partial charge in [0, 0.05) is 29.1 Å². The highest BCUT2D eigenvalue weighted by molar-refractivity contribution is 6.30. The van der Waals surface area contributed by atoms with Gasteiger partial charge in [-0.3, -0.25) is 4.79 Å². The number of rotatable bonds is 5. The number of nitrogens with zero attached hydrogens (tertiary/aromatic N) is 1. The fraction of sp³-hybridized carbons (Fsp3) is 0.304. The van der Waals surface area contributed by atoms with Crippen LogP contribution in [-0.4, -0.2) is 22.8 Å². The number of carbonyl (C=O) groups is 2. The molecule has 2 aromatic rings. The number of hydrogen-bond acceptors (Lipinski definition) is 3. The average Bonchev–Trinajstić information content (AvgIpc) is 2.67. The van der Waals surface area contributed by atoms with E-state index in [1.807, 2.05) is 63.2 Å². The number of ether oxygens (including phenoxy) is 1. The van der Waals surface area contributed by atoms with E-state index in [2.05, 4.69) is 0 Å². The summed E-state index contributed by atoms with van der Waals surface area (Å²) in [6.45, 7) is 5.90. The summed E-state index contributed by atoms with van der Waals surface area (Å²) in [5, 5.41) is 0.614. The molecule has 0 bridgehead atoms. The van der Waals surface area contributed by atoms with Crippen molar-refractivity contribution in [3.8, 4) is 0 Å². The molecule has 1 atom stereocenters. The molecule has 0 aromatic heterocycles. The average molecular weight is 398 g/mol. The molecule has 4 nitrogen and oxygen atoms in total. The molecular formula is C23H24ClNO3. The van der Waals surface area contributed by atoms with Crippen molar-refractivity contribution in [1.29, 1.82) is 0 Å². The van der Waals surface area contributed by atoms with E-state index in [4.69, 9.17) is 16.3 Å². The molecule has 0 aliphatic carbocycles. The van der Waals surface area contributed by atoms with Crippen LogP contribution in [0.25, 0.3) is 0 Å². The van der Waals surface area contributed by atoms with Crippen molar-refractivity contribution in [2.45, 2.75) is 45.8 Å². The van der Waals surface area contributed by atoms with E-state index in [9.17, 15) is 9.59 Å². The fourth-order valence-corrected chi connectivity index (χ4v) is 3.82. The lowest BCUT2D eigenvalue weighted by atomic mass is 9.83. The molecule has 0 N–H and O–H groups in total. The maximum Gasteiger partial charge on any atom is 0.336 e. The maximum absolute atomic E-state index is 13.1. The van der Waals surface area contributed by atoms with Crippen LogP contribution in [0.1, 0.15) is 44.2 Å². The first-order chi connectivity index (χ1) is 13.4. The Morgan fingerprint density at radius 1 is 1.14 bits per heavy atom. The van der Waals surface area contributed by atoms with E-state index in [-0.39, 0.29) is 36.9 Å². The van der Waals surface area contributed by atoms with Crippen molar-refractivity contribution in [1.82, 2.24) is 4.90 Å². The first-order valence-corrected chi connectivity index (χ1v) is 9.75. The fourth-order valence-electron chi connectivity index (χ4n) is 3.69. The molecule has 0 saturated heterocycles. The Labute approximate surface area is 170 Å². The molecule has 1 aliphatic rings. The molecule has 1 unspecified atom stereocenters. The quantitative estimate of drug-likeness (QED) is 0.661. The second-order valence-corrected chi connectivity index (χ2v) is 7.66. The predicted molar refractivity (Wildman–Crippen MR) is 110 cm³/mol. The van der Waals surface area contributed by atoms with Gasteiger partial charge in [-0.1, -0.05) is 54.1 Å². The summed E-state index contributed by atoms with van der Waals surface area (Å²) in [6, 6.07) is 16.8. The van der Waals surface area contributed by atoms with Crippen LogP contribution in [0.15, 0.2) is 65.9 Å². The molecular weight excluding hydrogens is 374 g/mol. The normalized spacial score (nSPS) is 17.2. The van der Waals surface area contributed by atoms with Gasteiger partial charge in [0.2, 0.25) is 5.91 Å². The topological polar surface area (TPSA) is 46.6 Å². The monoisotopic (exact) mass is 397 g/mol. The van der Waals surface area contributed by atoms with Crippen molar-refractivity contribution in [3.63, 3.8) is 0 Å². The van der Waals surface area contributed by atoms with E-state index in [1.165, 1.54) is 0 Å². The molecule has 3 rings (SSSR count). The van der Waals surface area contributed by atoms with Crippen LogP contribution in [0.3, 0.4) is 0 Å². The smallest absolute Gasteiger partial charge is 0.336 e. The van der Waals surface area contributed by atoms with Crippen LogP contribution in [0.4, 0.5) is 0 Å². The summed E-state index contributed by atoms with van der Waals surface area (Å²) >= 11 is 6.01. The van der Waals surface area contributed by atoms with Gasteiger partial charge in [-0.25, -0.2) is 4.79 Å². The van der Waals surface area contributed by atoms with Gasteiger partial charge < -0.3 is 9.64 Å². The number of esters is 1. The standard InChI is InChI=1S/C23H24ClNO3/c1-15(2)25-16(3)22(23(27)28-14-17-7-5-4-6-8-17)20(13-21(25)26)18-9-11-19(24)12-10-18/h4-12,15,20H,13-14H2,1-3H3. The minimum Gasteiger partial charge on any atom is -0.457 e. The van der Waals surface area contributed by atoms with Crippen molar-refractivity contribution in [3.05, 3.63) is 82.0 Å². The van der Waals surface area contributed by atoms with Gasteiger partial charge in [-0.2, -0.15) is 0 Å². The lowest BCUT2D eigenvalue weighted by Gasteiger charge is -2.36. The van der Waals surface area contributed by atoms with Crippen LogP contribution < -0.4 is 0 Å². The van der Waals surface area contributed by atoms with Gasteiger partial charge in [0.25, 0.3) is 0 Å². The van der Waals surface area contributed by atoms with Crippen LogP contribution in [0.2, 0.25) is 5.02 Å². The number of halogens is 1. The third-order valence-electron chi connectivity index (χ3n) is 4.97. The zero-order valence-corrected chi connectivity index (χ0v) is 17.1. The molecule has 1 aliphatic heterocycles. The number of hydrogen-bond donors (Lipinski definition) is 0. The second kappa shape index (κ2) is 8.61. The van der Waals surface area contributed by atoms with E-state index in [1.54, 1.807) is 17.0 Å². The van der Waals surface area contributed by atoms with Gasteiger partial charge in [0.05, 0.1) is 5.57 Å². The molecule has 0 spiro atoms. The molecule has 5 heteroatoms. The summed E-state index contributed by atoms with van der Waals surface area (Å²) in [4.78, 5) is 27.5. The zero-order valence-electron chi connectivity index (χ0n) is 16.3. The third-order valence-corrected chi connectivity index (χ3v) is 5.22. The summed E-state index contributed by atoms with van der Waals surface area (Å²) in [5.41, 5.74) is 2.99. The second-order valence-electron chi connectivity index (χ2n) is 7.23. The van der Waals surface area contributed by atoms with Gasteiger partial charge in [-0.05, 0) is 44.0 Å². The predicted octanol–water partition coefficient (Wildman–Crippen LogP) is 5.08. The Balaban J connectivity index is 1.95. The zero-order chi connectivity index (χ0) is 20.3. The van der Waals surface area contributed by atoms with Crippen LogP contribution in [0.5, 0.6) is 0 Å². The molecule has 0 fully saturated rings. The Bertz CT molecular complexity index is 888. The molecule has 28 heavy (non-hydrogen) atoms. The van der Waals surface area contributed by atoms with E-state index >= 15 is 0 Å². The molecule has 1 amide bonds. The van der Waals surface area contributed by atoms with E-state index in [0.29, 0.717) is 16.3 Å². The summed E-state index contributed by atoms with van der Waals surface area (Å²) in [6.07, 6.45) is 0.229. The number of benzene rings is 2. The third kappa shape index (κ3) is 4.28. The Morgan fingerprint density at radius 2 is 1.79 bits per heavy atom. The van der Waals surface area contributed by atoms with E-state index in [0.717, 1.165) is 11.1 Å². The highest BCUT2D eigenvalue weighted by atomic mass is 35.5. The Hall–Kier alpha value is -2.59. The number of amides is 1. The summed E-state index contributed by atoms with van der Waals surface area (Å²) in [5.74, 6) is -0.727. The van der Waals surface area contributed by atoms with Crippen molar-refractivity contribution >= 4 is 23.5 Å². The van der Waals surface area contributed by atoms with Crippen molar-refractivity contribution < 1.29 is 14.3 Å². The largest absolute Gasteiger partial charge is 0.457 e. The molecule has 146 valence electrons. The molecule has 0 radical (unpaired) electrons. The Morgan fingerprint density at radius 3 is 2.39 bits per heavy atom.